The number of nitro groups is 1. The highest BCUT2D eigenvalue weighted by molar-refractivity contribution is 7.89. The molecule has 1 aromatic rings. The van der Waals surface area contributed by atoms with Crippen molar-refractivity contribution in [2.24, 2.45) is 0 Å². The molecular formula is C17H26N4O4S. The lowest BCUT2D eigenvalue weighted by Crippen LogP contribution is -2.47. The predicted molar refractivity (Wildman–Crippen MR) is 100 cm³/mol. The number of hydrogen-bond donors (Lipinski definition) is 0. The van der Waals surface area contributed by atoms with Crippen LogP contribution in [0.2, 0.25) is 0 Å². The van der Waals surface area contributed by atoms with Crippen LogP contribution in [0.3, 0.4) is 0 Å². The standard InChI is InChI=1S/C17H26N4O4S/c1-14-5-3-4-8-20(14)16-7-6-15(13-17(16)21(22)23)26(24,25)19-11-9-18(2)10-12-19/h6-7,13-14H,3-5,8-12H2,1-2H3/t14-/m0/s1. The van der Waals surface area contributed by atoms with E-state index in [1.54, 1.807) is 6.07 Å². The van der Waals surface area contributed by atoms with E-state index in [0.717, 1.165) is 25.8 Å². The molecule has 9 heteroatoms. The number of rotatable bonds is 4. The number of piperazine rings is 1. The van der Waals surface area contributed by atoms with Crippen molar-refractivity contribution in [3.05, 3.63) is 28.3 Å². The van der Waals surface area contributed by atoms with Crippen LogP contribution < -0.4 is 4.90 Å². The number of hydrogen-bond acceptors (Lipinski definition) is 6. The van der Waals surface area contributed by atoms with E-state index in [0.29, 0.717) is 31.9 Å². The number of nitrogens with zero attached hydrogens (tertiary/aromatic N) is 4. The molecule has 144 valence electrons. The summed E-state index contributed by atoms with van der Waals surface area (Å²) in [6.45, 7) is 4.93. The summed E-state index contributed by atoms with van der Waals surface area (Å²) in [5.74, 6) is 0. The van der Waals surface area contributed by atoms with Gasteiger partial charge in [-0.25, -0.2) is 8.42 Å². The Morgan fingerprint density at radius 2 is 1.81 bits per heavy atom. The van der Waals surface area contributed by atoms with E-state index in [2.05, 4.69) is 11.8 Å². The van der Waals surface area contributed by atoms with Crippen molar-refractivity contribution in [1.29, 1.82) is 0 Å². The molecule has 2 heterocycles. The van der Waals surface area contributed by atoms with Gasteiger partial charge in [0, 0.05) is 44.8 Å². The van der Waals surface area contributed by atoms with Crippen molar-refractivity contribution < 1.29 is 13.3 Å². The summed E-state index contributed by atoms with van der Waals surface area (Å²) in [7, 11) is -1.77. The Bertz CT molecular complexity index is 775. The van der Waals surface area contributed by atoms with E-state index < -0.39 is 14.9 Å². The molecule has 0 N–H and O–H groups in total. The lowest BCUT2D eigenvalue weighted by atomic mass is 10.0. The molecule has 1 atom stereocenters. The summed E-state index contributed by atoms with van der Waals surface area (Å²) >= 11 is 0. The maximum Gasteiger partial charge on any atom is 0.293 e. The Morgan fingerprint density at radius 1 is 1.12 bits per heavy atom. The average Bonchev–Trinajstić information content (AvgIpc) is 2.62. The van der Waals surface area contributed by atoms with E-state index in [1.165, 1.54) is 16.4 Å². The lowest BCUT2D eigenvalue weighted by molar-refractivity contribution is -0.384. The molecule has 0 saturated carbocycles. The van der Waals surface area contributed by atoms with Crippen molar-refractivity contribution in [2.75, 3.05) is 44.7 Å². The zero-order valence-electron chi connectivity index (χ0n) is 15.3. The van der Waals surface area contributed by atoms with Gasteiger partial charge in [0.15, 0.2) is 0 Å². The van der Waals surface area contributed by atoms with Crippen LogP contribution in [0, 0.1) is 10.1 Å². The van der Waals surface area contributed by atoms with Gasteiger partial charge in [0.25, 0.3) is 5.69 Å². The third-order valence-corrected chi connectivity index (χ3v) is 7.25. The van der Waals surface area contributed by atoms with Crippen LogP contribution in [0.5, 0.6) is 0 Å². The Hall–Kier alpha value is -1.71. The molecule has 2 saturated heterocycles. The summed E-state index contributed by atoms with van der Waals surface area (Å²) in [5.41, 5.74) is 0.383. The summed E-state index contributed by atoms with van der Waals surface area (Å²) in [4.78, 5) is 15.2. The summed E-state index contributed by atoms with van der Waals surface area (Å²) < 4.78 is 27.2. The maximum absolute atomic E-state index is 12.9. The highest BCUT2D eigenvalue weighted by atomic mass is 32.2. The molecule has 2 aliphatic rings. The first-order chi connectivity index (χ1) is 12.3. The molecule has 0 spiro atoms. The van der Waals surface area contributed by atoms with Crippen LogP contribution in [-0.2, 0) is 10.0 Å². The van der Waals surface area contributed by atoms with E-state index >= 15 is 0 Å². The van der Waals surface area contributed by atoms with E-state index in [1.807, 2.05) is 11.9 Å². The molecular weight excluding hydrogens is 356 g/mol. The SMILES string of the molecule is C[C@H]1CCCCN1c1ccc(S(=O)(=O)N2CCN(C)CC2)cc1[N+](=O)[O-]. The number of piperidine rings is 1. The molecule has 0 aliphatic carbocycles. The highest BCUT2D eigenvalue weighted by Crippen LogP contribution is 2.35. The Morgan fingerprint density at radius 3 is 2.42 bits per heavy atom. The summed E-state index contributed by atoms with van der Waals surface area (Å²) in [6, 6.07) is 4.55. The molecule has 0 unspecified atom stereocenters. The van der Waals surface area contributed by atoms with E-state index in [9.17, 15) is 18.5 Å². The minimum absolute atomic E-state index is 0.00201. The van der Waals surface area contributed by atoms with Gasteiger partial charge >= 0.3 is 0 Å². The van der Waals surface area contributed by atoms with Gasteiger partial charge in [-0.2, -0.15) is 4.31 Å². The topological polar surface area (TPSA) is 87.0 Å². The minimum atomic E-state index is -3.72. The second-order valence-electron chi connectivity index (χ2n) is 7.15. The predicted octanol–water partition coefficient (Wildman–Crippen LogP) is 1.91. The van der Waals surface area contributed by atoms with Crippen LogP contribution in [-0.4, -0.2) is 68.4 Å². The first-order valence-corrected chi connectivity index (χ1v) is 10.5. The first-order valence-electron chi connectivity index (χ1n) is 9.04. The van der Waals surface area contributed by atoms with Gasteiger partial charge in [-0.05, 0) is 45.4 Å². The molecule has 2 fully saturated rings. The fourth-order valence-corrected chi connectivity index (χ4v) is 5.13. The molecule has 0 radical (unpaired) electrons. The second-order valence-corrected chi connectivity index (χ2v) is 9.09. The van der Waals surface area contributed by atoms with Crippen molar-refractivity contribution in [1.82, 2.24) is 9.21 Å². The molecule has 26 heavy (non-hydrogen) atoms. The van der Waals surface area contributed by atoms with Crippen molar-refractivity contribution in [3.8, 4) is 0 Å². The van der Waals surface area contributed by atoms with Crippen LogP contribution >= 0.6 is 0 Å². The van der Waals surface area contributed by atoms with Gasteiger partial charge in [0.05, 0.1) is 9.82 Å². The number of anilines is 1. The second kappa shape index (κ2) is 7.50. The smallest absolute Gasteiger partial charge is 0.293 e. The molecule has 8 nitrogen and oxygen atoms in total. The van der Waals surface area contributed by atoms with Crippen LogP contribution in [0.1, 0.15) is 26.2 Å². The number of likely N-dealkylation sites (N-methyl/N-ethyl adjacent to an activating group) is 1. The normalized spacial score (nSPS) is 23.2. The number of sulfonamides is 1. The monoisotopic (exact) mass is 382 g/mol. The Balaban J connectivity index is 1.94. The summed E-state index contributed by atoms with van der Waals surface area (Å²) in [5, 5.41) is 11.6. The highest BCUT2D eigenvalue weighted by Gasteiger charge is 2.31. The zero-order valence-corrected chi connectivity index (χ0v) is 16.1. The van der Waals surface area contributed by atoms with Crippen LogP contribution in [0.25, 0.3) is 0 Å². The quantitative estimate of drug-likeness (QED) is 0.584. The molecule has 0 amide bonds. The largest absolute Gasteiger partial charge is 0.363 e. The maximum atomic E-state index is 12.9. The first kappa shape index (κ1) is 19.1. The molecule has 0 bridgehead atoms. The molecule has 2 aliphatic heterocycles. The van der Waals surface area contributed by atoms with Crippen molar-refractivity contribution >= 4 is 21.4 Å². The van der Waals surface area contributed by atoms with Gasteiger partial charge < -0.3 is 9.80 Å². The number of benzene rings is 1. The van der Waals surface area contributed by atoms with Crippen molar-refractivity contribution in [2.45, 2.75) is 37.1 Å². The van der Waals surface area contributed by atoms with Crippen molar-refractivity contribution in [3.63, 3.8) is 0 Å². The summed E-state index contributed by atoms with van der Waals surface area (Å²) in [6.07, 6.45) is 3.09. The zero-order chi connectivity index (χ0) is 18.9. The molecule has 3 rings (SSSR count). The van der Waals surface area contributed by atoms with Gasteiger partial charge in [-0.1, -0.05) is 0 Å². The van der Waals surface area contributed by atoms with E-state index in [-0.39, 0.29) is 16.6 Å². The van der Waals surface area contributed by atoms with E-state index in [4.69, 9.17) is 0 Å². The third-order valence-electron chi connectivity index (χ3n) is 5.36. The Kier molecular flexibility index (Phi) is 5.50. The third kappa shape index (κ3) is 3.70. The van der Waals surface area contributed by atoms with Gasteiger partial charge in [-0.15, -0.1) is 0 Å². The van der Waals surface area contributed by atoms with Gasteiger partial charge in [-0.3, -0.25) is 10.1 Å². The fraction of sp³-hybridized carbons (Fsp3) is 0.647. The average molecular weight is 382 g/mol. The van der Waals surface area contributed by atoms with Gasteiger partial charge in [0.2, 0.25) is 10.0 Å². The molecule has 1 aromatic carbocycles. The Labute approximate surface area is 154 Å². The number of nitro benzene ring substituents is 1. The van der Waals surface area contributed by atoms with Gasteiger partial charge in [0.1, 0.15) is 5.69 Å². The molecule has 0 aromatic heterocycles. The fourth-order valence-electron chi connectivity index (χ4n) is 3.69. The van der Waals surface area contributed by atoms with Crippen LogP contribution in [0.4, 0.5) is 11.4 Å². The lowest BCUT2D eigenvalue weighted by Gasteiger charge is -2.35. The van der Waals surface area contributed by atoms with Crippen LogP contribution in [0.15, 0.2) is 23.1 Å². The minimum Gasteiger partial charge on any atom is -0.363 e.